The van der Waals surface area contributed by atoms with Crippen LogP contribution in [0.4, 0.5) is 5.82 Å². The fraction of sp³-hybridized carbons (Fsp3) is 0.556. The molecular formula is C9H15N3O4. The number of aliphatic hydroxyl groups is 1. The van der Waals surface area contributed by atoms with E-state index in [1.807, 2.05) is 0 Å². The highest BCUT2D eigenvalue weighted by Gasteiger charge is 2.07. The van der Waals surface area contributed by atoms with Gasteiger partial charge in [0.15, 0.2) is 5.82 Å². The highest BCUT2D eigenvalue weighted by atomic mass is 16.5. The first-order chi connectivity index (χ1) is 7.79. The van der Waals surface area contributed by atoms with E-state index in [-0.39, 0.29) is 17.9 Å². The molecule has 0 aliphatic heterocycles. The Kier molecular flexibility index (Phi) is 5.30. The molecule has 0 spiro atoms. The molecule has 1 rings (SSSR count). The lowest BCUT2D eigenvalue weighted by Crippen LogP contribution is -2.17. The first-order valence-electron chi connectivity index (χ1n) is 4.83. The number of aliphatic hydroxyl groups excluding tert-OH is 1. The lowest BCUT2D eigenvalue weighted by atomic mass is 10.5. The van der Waals surface area contributed by atoms with E-state index in [4.69, 9.17) is 14.6 Å². The third-order valence-corrected chi connectivity index (χ3v) is 1.79. The van der Waals surface area contributed by atoms with Crippen LogP contribution in [0.5, 0.6) is 5.75 Å². The van der Waals surface area contributed by atoms with Crippen LogP contribution in [-0.2, 0) is 4.74 Å². The van der Waals surface area contributed by atoms with Gasteiger partial charge in [0.1, 0.15) is 0 Å². The standard InChI is InChI=1S/C9H15N3O4/c1-15-7-8(11-6-12-9(7)14)10-2-4-16-5-3-13/h6,13H,2-5H2,1H3,(H2,10,11,12,14). The first kappa shape index (κ1) is 12.5. The highest BCUT2D eigenvalue weighted by molar-refractivity contribution is 5.47. The predicted molar refractivity (Wildman–Crippen MR) is 57.8 cm³/mol. The molecule has 0 unspecified atom stereocenters. The Morgan fingerprint density at radius 2 is 2.38 bits per heavy atom. The zero-order chi connectivity index (χ0) is 11.8. The monoisotopic (exact) mass is 229 g/mol. The van der Waals surface area contributed by atoms with Crippen molar-refractivity contribution in [1.82, 2.24) is 9.97 Å². The Balaban J connectivity index is 2.47. The number of H-pyrrole nitrogens is 1. The topological polar surface area (TPSA) is 96.5 Å². The molecule has 0 saturated heterocycles. The quantitative estimate of drug-likeness (QED) is 0.530. The third-order valence-electron chi connectivity index (χ3n) is 1.79. The number of ether oxygens (including phenoxy) is 2. The lowest BCUT2D eigenvalue weighted by Gasteiger charge is -2.08. The Labute approximate surface area is 92.4 Å². The molecule has 1 aromatic rings. The lowest BCUT2D eigenvalue weighted by molar-refractivity contribution is 0.0991. The molecule has 7 nitrogen and oxygen atoms in total. The molecule has 0 aliphatic carbocycles. The number of rotatable bonds is 7. The van der Waals surface area contributed by atoms with Crippen LogP contribution in [0.3, 0.4) is 0 Å². The zero-order valence-electron chi connectivity index (χ0n) is 9.02. The third kappa shape index (κ3) is 3.52. The molecular weight excluding hydrogens is 214 g/mol. The molecule has 0 radical (unpaired) electrons. The summed E-state index contributed by atoms with van der Waals surface area (Å²) in [5.74, 6) is 0.517. The van der Waals surface area contributed by atoms with Gasteiger partial charge in [-0.25, -0.2) is 4.98 Å². The van der Waals surface area contributed by atoms with Crippen molar-refractivity contribution in [2.75, 3.05) is 38.8 Å². The predicted octanol–water partition coefficient (Wildman–Crippen LogP) is -0.801. The van der Waals surface area contributed by atoms with Gasteiger partial charge < -0.3 is 24.9 Å². The van der Waals surface area contributed by atoms with Crippen LogP contribution in [0.2, 0.25) is 0 Å². The Hall–Kier alpha value is -1.60. The number of hydrogen-bond acceptors (Lipinski definition) is 6. The van der Waals surface area contributed by atoms with Crippen molar-refractivity contribution in [1.29, 1.82) is 0 Å². The van der Waals surface area contributed by atoms with Crippen LogP contribution < -0.4 is 15.6 Å². The second kappa shape index (κ2) is 6.81. The molecule has 90 valence electrons. The van der Waals surface area contributed by atoms with Crippen molar-refractivity contribution in [3.8, 4) is 5.75 Å². The van der Waals surface area contributed by atoms with Crippen LogP contribution in [0, 0.1) is 0 Å². The molecule has 0 saturated carbocycles. The summed E-state index contributed by atoms with van der Waals surface area (Å²) in [5.41, 5.74) is -0.337. The second-order valence-electron chi connectivity index (χ2n) is 2.88. The van der Waals surface area contributed by atoms with Crippen molar-refractivity contribution >= 4 is 5.82 Å². The van der Waals surface area contributed by atoms with E-state index in [1.54, 1.807) is 0 Å². The fourth-order valence-electron chi connectivity index (χ4n) is 1.11. The molecule has 0 bridgehead atoms. The molecule has 0 aliphatic rings. The number of aromatic amines is 1. The first-order valence-corrected chi connectivity index (χ1v) is 4.83. The maximum Gasteiger partial charge on any atom is 0.295 e. The minimum atomic E-state index is -0.337. The van der Waals surface area contributed by atoms with Gasteiger partial charge in [0.25, 0.3) is 5.56 Å². The molecule has 1 heterocycles. The van der Waals surface area contributed by atoms with Gasteiger partial charge in [-0.3, -0.25) is 4.79 Å². The molecule has 0 fully saturated rings. The number of nitrogens with one attached hydrogen (secondary N) is 2. The molecule has 0 amide bonds. The van der Waals surface area contributed by atoms with Crippen LogP contribution >= 0.6 is 0 Å². The molecule has 0 atom stereocenters. The number of aromatic nitrogens is 2. The van der Waals surface area contributed by atoms with Gasteiger partial charge in [-0.2, -0.15) is 0 Å². The summed E-state index contributed by atoms with van der Waals surface area (Å²) < 4.78 is 9.95. The van der Waals surface area contributed by atoms with E-state index < -0.39 is 0 Å². The van der Waals surface area contributed by atoms with Crippen molar-refractivity contribution in [2.24, 2.45) is 0 Å². The summed E-state index contributed by atoms with van der Waals surface area (Å²) in [6, 6.07) is 0. The Morgan fingerprint density at radius 1 is 1.56 bits per heavy atom. The van der Waals surface area contributed by atoms with E-state index in [0.29, 0.717) is 25.6 Å². The minimum absolute atomic E-state index is 0.00736. The van der Waals surface area contributed by atoms with Gasteiger partial charge in [0.05, 0.1) is 33.3 Å². The maximum absolute atomic E-state index is 11.3. The summed E-state index contributed by atoms with van der Waals surface area (Å²) in [6.45, 7) is 1.18. The Morgan fingerprint density at radius 3 is 3.06 bits per heavy atom. The van der Waals surface area contributed by atoms with Gasteiger partial charge >= 0.3 is 0 Å². The normalized spacial score (nSPS) is 10.1. The zero-order valence-corrected chi connectivity index (χ0v) is 9.02. The second-order valence-corrected chi connectivity index (χ2v) is 2.88. The van der Waals surface area contributed by atoms with Gasteiger partial charge in [0.2, 0.25) is 5.75 Å². The number of hydrogen-bond donors (Lipinski definition) is 3. The van der Waals surface area contributed by atoms with Gasteiger partial charge in [-0.05, 0) is 0 Å². The summed E-state index contributed by atoms with van der Waals surface area (Å²) in [6.07, 6.45) is 1.29. The molecule has 7 heteroatoms. The summed E-state index contributed by atoms with van der Waals surface area (Å²) in [4.78, 5) is 17.6. The average Bonchev–Trinajstić information content (AvgIpc) is 2.29. The fourth-order valence-corrected chi connectivity index (χ4v) is 1.11. The van der Waals surface area contributed by atoms with Crippen LogP contribution in [0.25, 0.3) is 0 Å². The van der Waals surface area contributed by atoms with Gasteiger partial charge in [-0.15, -0.1) is 0 Å². The number of anilines is 1. The average molecular weight is 229 g/mol. The van der Waals surface area contributed by atoms with Gasteiger partial charge in [0, 0.05) is 6.54 Å². The SMILES string of the molecule is COc1c(NCCOCCO)nc[nH]c1=O. The van der Waals surface area contributed by atoms with E-state index in [1.165, 1.54) is 13.4 Å². The van der Waals surface area contributed by atoms with Crippen LogP contribution in [-0.4, -0.2) is 48.5 Å². The summed E-state index contributed by atoms with van der Waals surface area (Å²) in [5, 5.41) is 11.4. The highest BCUT2D eigenvalue weighted by Crippen LogP contribution is 2.13. The van der Waals surface area contributed by atoms with Crippen LogP contribution in [0.15, 0.2) is 11.1 Å². The smallest absolute Gasteiger partial charge is 0.295 e. The summed E-state index contributed by atoms with van der Waals surface area (Å²) >= 11 is 0. The molecule has 0 aromatic carbocycles. The largest absolute Gasteiger partial charge is 0.489 e. The summed E-state index contributed by atoms with van der Waals surface area (Å²) in [7, 11) is 1.40. The van der Waals surface area contributed by atoms with Crippen LogP contribution in [0.1, 0.15) is 0 Å². The number of methoxy groups -OCH3 is 1. The van der Waals surface area contributed by atoms with E-state index in [0.717, 1.165) is 0 Å². The van der Waals surface area contributed by atoms with Crippen molar-refractivity contribution < 1.29 is 14.6 Å². The maximum atomic E-state index is 11.3. The van der Waals surface area contributed by atoms with Crippen molar-refractivity contribution in [3.05, 3.63) is 16.7 Å². The Bertz CT molecular complexity index is 366. The van der Waals surface area contributed by atoms with E-state index in [2.05, 4.69) is 15.3 Å². The van der Waals surface area contributed by atoms with E-state index >= 15 is 0 Å². The number of nitrogens with zero attached hydrogens (tertiary/aromatic N) is 1. The van der Waals surface area contributed by atoms with Gasteiger partial charge in [-0.1, -0.05) is 0 Å². The van der Waals surface area contributed by atoms with Crippen molar-refractivity contribution in [2.45, 2.75) is 0 Å². The van der Waals surface area contributed by atoms with E-state index in [9.17, 15) is 4.79 Å². The minimum Gasteiger partial charge on any atom is -0.489 e. The molecule has 1 aromatic heterocycles. The molecule has 16 heavy (non-hydrogen) atoms. The molecule has 3 N–H and O–H groups in total. The van der Waals surface area contributed by atoms with Crippen molar-refractivity contribution in [3.63, 3.8) is 0 Å².